The lowest BCUT2D eigenvalue weighted by Crippen LogP contribution is -2.45. The zero-order valence-corrected chi connectivity index (χ0v) is 17.3. The van der Waals surface area contributed by atoms with E-state index in [1.54, 1.807) is 0 Å². The minimum absolute atomic E-state index is 0.268. The molecule has 2 nitrogen and oxygen atoms in total. The Bertz CT molecular complexity index is 1590. The maximum Gasteiger partial charge on any atom is 0.497 e. The molecule has 3 aromatic rings. The minimum Gasteiger partial charge on any atom is -0.423 e. The first kappa shape index (κ1) is 25.2. The molecule has 2 aliphatic carbocycles. The quantitative estimate of drug-likeness (QED) is 0.158. The highest BCUT2D eigenvalue weighted by Gasteiger charge is 2.56. The van der Waals surface area contributed by atoms with Crippen LogP contribution in [0.3, 0.4) is 0 Å². The Labute approximate surface area is 197 Å². The lowest BCUT2D eigenvalue weighted by atomic mass is 9.73. The topological polar surface area (TPSA) is 29.5 Å². The Morgan fingerprint density at radius 2 is 1.24 bits per heavy atom. The van der Waals surface area contributed by atoms with Gasteiger partial charge < -0.3 is 9.68 Å². The molecule has 37 heavy (non-hydrogen) atoms. The van der Waals surface area contributed by atoms with Crippen LogP contribution in [0.25, 0.3) is 17.0 Å². The summed E-state index contributed by atoms with van der Waals surface area (Å²) in [5, 5.41) is 10.4. The van der Waals surface area contributed by atoms with E-state index in [1.165, 1.54) is 0 Å². The lowest BCUT2D eigenvalue weighted by Gasteiger charge is -2.25. The van der Waals surface area contributed by atoms with Crippen molar-refractivity contribution in [2.45, 2.75) is 12.3 Å². The summed E-state index contributed by atoms with van der Waals surface area (Å²) < 4.78 is 176. The Hall–Kier alpha value is -3.46. The van der Waals surface area contributed by atoms with E-state index in [0.717, 1.165) is 6.07 Å². The molecule has 0 amide bonds. The number of fused-ring (bicyclic) bond motifs is 4. The molecule has 0 saturated carbocycles. The molecule has 0 aromatic heterocycles. The van der Waals surface area contributed by atoms with Crippen LogP contribution < -0.4 is 5.46 Å². The van der Waals surface area contributed by atoms with Gasteiger partial charge in [-0.15, -0.1) is 0 Å². The van der Waals surface area contributed by atoms with Crippen LogP contribution in [-0.2, 0) is 16.9 Å². The second-order valence-electron chi connectivity index (χ2n) is 7.98. The Balaban J connectivity index is 1.70. The maximum atomic E-state index is 15.5. The summed E-state index contributed by atoms with van der Waals surface area (Å²) in [7, 11) is -3.31. The number of alkyl halides is 1. The van der Waals surface area contributed by atoms with Crippen molar-refractivity contribution in [2.24, 2.45) is 0 Å². The summed E-state index contributed by atoms with van der Waals surface area (Å²) in [5.74, 6) is -30.9. The van der Waals surface area contributed by atoms with Crippen molar-refractivity contribution in [1.82, 2.24) is 0 Å². The van der Waals surface area contributed by atoms with E-state index in [2.05, 4.69) is 4.65 Å². The van der Waals surface area contributed by atoms with E-state index in [1.807, 2.05) is 0 Å². The SMILES string of the molecule is OB(OC1(F)C(F)=C(F)c2c(F)c(F)c(F)c(F)c21)c1c(F)c(F)c(F)c2c1Cc1ccc(F)c(F)c1-2. The van der Waals surface area contributed by atoms with E-state index >= 15 is 4.39 Å². The van der Waals surface area contributed by atoms with Crippen LogP contribution in [0, 0.1) is 52.4 Å². The van der Waals surface area contributed by atoms with Gasteiger partial charge in [0.2, 0.25) is 5.83 Å². The third-order valence-corrected chi connectivity index (χ3v) is 6.07. The van der Waals surface area contributed by atoms with E-state index in [4.69, 9.17) is 0 Å². The number of benzene rings is 3. The molecule has 192 valence electrons. The van der Waals surface area contributed by atoms with E-state index in [0.29, 0.717) is 6.07 Å². The van der Waals surface area contributed by atoms with Crippen LogP contribution in [0.15, 0.2) is 18.0 Å². The van der Waals surface area contributed by atoms with Crippen LogP contribution in [0.1, 0.15) is 22.3 Å². The molecule has 0 radical (unpaired) electrons. The predicted molar refractivity (Wildman–Crippen MR) is 101 cm³/mol. The van der Waals surface area contributed by atoms with Crippen molar-refractivity contribution in [3.8, 4) is 11.1 Å². The fourth-order valence-corrected chi connectivity index (χ4v) is 4.45. The monoisotopic (exact) mass is 540 g/mol. The van der Waals surface area contributed by atoms with Crippen LogP contribution in [0.5, 0.6) is 0 Å². The van der Waals surface area contributed by atoms with Gasteiger partial charge >= 0.3 is 7.12 Å². The summed E-state index contributed by atoms with van der Waals surface area (Å²) in [5.41, 5.74) is -9.03. The summed E-state index contributed by atoms with van der Waals surface area (Å²) >= 11 is 0. The highest BCUT2D eigenvalue weighted by Crippen LogP contribution is 2.53. The molecule has 0 heterocycles. The van der Waals surface area contributed by atoms with Gasteiger partial charge in [0, 0.05) is 16.6 Å². The standard InChI is InChI=1S/C22H5BF12O2/c24-6-2-1-4-3-5-8(7(4)12(6)25)13(26)18(31)17(30)11(5)23(36)37-22(35)10-9(15(28)21(22)34)14(27)19(32)20(33)16(10)29/h1-2,36H,3H2. The fourth-order valence-electron chi connectivity index (χ4n) is 4.45. The Morgan fingerprint density at radius 1 is 0.676 bits per heavy atom. The van der Waals surface area contributed by atoms with Crippen LogP contribution >= 0.6 is 0 Å². The Kier molecular flexibility index (Phi) is 5.46. The van der Waals surface area contributed by atoms with Crippen molar-refractivity contribution in [1.29, 1.82) is 0 Å². The molecular formula is C22H5BF12O2. The average molecular weight is 540 g/mol. The second kappa shape index (κ2) is 8.02. The lowest BCUT2D eigenvalue weighted by molar-refractivity contribution is -0.0634. The molecule has 1 atom stereocenters. The van der Waals surface area contributed by atoms with Gasteiger partial charge in [-0.25, -0.2) is 48.3 Å². The molecule has 0 bridgehead atoms. The summed E-state index contributed by atoms with van der Waals surface area (Å²) in [6.45, 7) is 0. The summed E-state index contributed by atoms with van der Waals surface area (Å²) in [6.07, 6.45) is -0.753. The first-order valence-electron chi connectivity index (χ1n) is 9.87. The average Bonchev–Trinajstić information content (AvgIpc) is 3.32. The van der Waals surface area contributed by atoms with Crippen molar-refractivity contribution in [2.75, 3.05) is 0 Å². The third kappa shape index (κ3) is 3.13. The molecule has 1 N–H and O–H groups in total. The third-order valence-electron chi connectivity index (χ3n) is 6.07. The molecule has 1 unspecified atom stereocenters. The van der Waals surface area contributed by atoms with Crippen molar-refractivity contribution >= 4 is 18.4 Å². The van der Waals surface area contributed by atoms with Crippen molar-refractivity contribution < 1.29 is 62.4 Å². The fraction of sp³-hybridized carbons (Fsp3) is 0.0909. The van der Waals surface area contributed by atoms with Gasteiger partial charge in [-0.3, -0.25) is 0 Å². The van der Waals surface area contributed by atoms with Crippen LogP contribution in [0.2, 0.25) is 0 Å². The smallest absolute Gasteiger partial charge is 0.423 e. The van der Waals surface area contributed by atoms with E-state index < -0.39 is 117 Å². The first-order valence-corrected chi connectivity index (χ1v) is 9.87. The minimum atomic E-state index is -4.77. The van der Waals surface area contributed by atoms with Crippen LogP contribution in [0.4, 0.5) is 52.7 Å². The molecule has 0 aliphatic heterocycles. The van der Waals surface area contributed by atoms with Gasteiger partial charge in [-0.1, -0.05) is 6.07 Å². The van der Waals surface area contributed by atoms with Gasteiger partial charge in [0.05, 0.1) is 11.1 Å². The molecule has 0 fully saturated rings. The zero-order chi connectivity index (χ0) is 27.3. The van der Waals surface area contributed by atoms with Gasteiger partial charge in [0.1, 0.15) is 0 Å². The molecule has 15 heteroatoms. The highest BCUT2D eigenvalue weighted by atomic mass is 19.2. The molecule has 0 saturated heterocycles. The van der Waals surface area contributed by atoms with Gasteiger partial charge in [0.25, 0.3) is 5.85 Å². The number of halogens is 12. The van der Waals surface area contributed by atoms with Gasteiger partial charge in [-0.05, 0) is 23.6 Å². The number of rotatable bonds is 3. The van der Waals surface area contributed by atoms with E-state index in [9.17, 15) is 53.3 Å². The van der Waals surface area contributed by atoms with Crippen molar-refractivity contribution in [3.05, 3.63) is 92.6 Å². The second-order valence-corrected chi connectivity index (χ2v) is 7.98. The van der Waals surface area contributed by atoms with Gasteiger partial charge in [-0.2, -0.15) is 4.39 Å². The summed E-state index contributed by atoms with van der Waals surface area (Å²) in [6, 6.07) is 1.47. The highest BCUT2D eigenvalue weighted by molar-refractivity contribution is 6.61. The van der Waals surface area contributed by atoms with E-state index in [-0.39, 0.29) is 5.56 Å². The Morgan fingerprint density at radius 3 is 1.89 bits per heavy atom. The number of hydrogen-bond donors (Lipinski definition) is 1. The number of hydrogen-bond acceptors (Lipinski definition) is 2. The van der Waals surface area contributed by atoms with Gasteiger partial charge in [0.15, 0.2) is 58.2 Å². The molecule has 2 aliphatic rings. The largest absolute Gasteiger partial charge is 0.497 e. The van der Waals surface area contributed by atoms with Crippen LogP contribution in [-0.4, -0.2) is 12.1 Å². The molecule has 5 rings (SSSR count). The normalized spacial score (nSPS) is 17.9. The summed E-state index contributed by atoms with van der Waals surface area (Å²) in [4.78, 5) is 0. The van der Waals surface area contributed by atoms with Crippen molar-refractivity contribution in [3.63, 3.8) is 0 Å². The zero-order valence-electron chi connectivity index (χ0n) is 17.3. The molecule has 3 aromatic carbocycles. The molecular weight excluding hydrogens is 535 g/mol. The predicted octanol–water partition coefficient (Wildman–Crippen LogP) is 5.66. The molecule has 0 spiro atoms. The first-order chi connectivity index (χ1) is 17.2. The maximum absolute atomic E-state index is 15.5.